The molecule has 2 aromatic heterocycles. The Morgan fingerprint density at radius 3 is 1.35 bits per heavy atom. The zero-order chi connectivity index (χ0) is 100. The highest BCUT2D eigenvalue weighted by Gasteiger charge is 2.29. The highest BCUT2D eigenvalue weighted by Crippen LogP contribution is 2.39. The van der Waals surface area contributed by atoms with Crippen LogP contribution in [0, 0.1) is 42.4 Å². The van der Waals surface area contributed by atoms with Gasteiger partial charge in [0.25, 0.3) is 0 Å². The van der Waals surface area contributed by atoms with Gasteiger partial charge in [0.15, 0.2) is 0 Å². The normalized spacial score (nSPS) is 10.8. The molecule has 0 saturated heterocycles. The molecular weight excluding hydrogens is 1660 g/mol. The van der Waals surface area contributed by atoms with Crippen LogP contribution in [0.1, 0.15) is 256 Å². The molecule has 12 aromatic rings. The molecule has 12 rings (SSSR count). The second-order valence-electron chi connectivity index (χ2n) is 29.8. The lowest BCUT2D eigenvalue weighted by molar-refractivity contribution is -0.176. The van der Waals surface area contributed by atoms with Gasteiger partial charge in [-0.3, -0.25) is 55.5 Å². The SMILES string of the molecule is CC.CC.CC.CC.CCC(C)(C)C(=O)Oc1ccc2ccccc2c1.CCC(C)(C)C(=O)Oc1ccccc1.CCC(C)C(=O)NCc1cc(C)cc(C)c1.CCC(C)C(=O)Nc1ccccc1.CCC(C)C(=O)OCCc1ccccc1.CCC(C)c1ccc2c(c1)oc1ccccc12.CCC(C)c1cccc2c1sc1ccccc12.CO.CO.CO.OO.OO.OO. The number of furan rings is 1. The predicted molar refractivity (Wildman–Crippen MR) is 548 cm³/mol. The topological polar surface area (TPSA) is 332 Å². The monoisotopic (exact) mass is 1820 g/mol. The van der Waals surface area contributed by atoms with E-state index in [1.54, 1.807) is 12.1 Å². The second-order valence-corrected chi connectivity index (χ2v) is 30.8. The van der Waals surface area contributed by atoms with Crippen molar-refractivity contribution in [3.63, 3.8) is 0 Å². The molecule has 5 atom stereocenters. The molecule has 0 bridgehead atoms. The average molecular weight is 1820 g/mol. The number of amides is 2. The minimum atomic E-state index is -0.439. The van der Waals surface area contributed by atoms with Crippen molar-refractivity contribution in [2.24, 2.45) is 28.6 Å². The maximum atomic E-state index is 12.0. The van der Waals surface area contributed by atoms with Crippen molar-refractivity contribution in [1.82, 2.24) is 5.32 Å². The lowest BCUT2D eigenvalue weighted by Gasteiger charge is -2.20. The standard InChI is InChI=1S/C16H18O2.C16H16O.C16H16S.C14H21NO.C13H18O2.C12H16O2.C11H15NO.4C2H6.3CH4O.3H2O2/c1-4-16(2,3)15(17)18-14-10-9-12-7-5-6-8-13(12)11-14;1-3-11(2)12-8-9-14-13-6-4-5-7-15(13)17-16(14)10-12;1-3-11(2)12-8-6-9-14-13-7-4-5-10-15(13)17-16(12)14;1-5-12(4)14(16)15-9-13-7-10(2)6-11(3)8-13;1-3-11(2)13(14)15-10-9-12-7-5-4-6-8-12;1-4-12(2,3)11(13)14-10-8-6-5-7-9-10;1-3-9(2)11(13)12-10-7-5-4-6-8-10;10*1-2/h5-11H,4H2,1-3H3;2*4-11H,3H2,1-2H3;6-8,12H,5,9H2,1-4H3,(H,15,16);4-8,11H,3,9-10H2,1-2H3;5-9H,4H2,1-3H3;4-9H,3H2,1-2H3,(H,12,13);4*1-2H3;3*2H,1H3;3*1-2H. The number of carbonyl (C=O) groups is 5. The number of aliphatic hydroxyl groups excluding tert-OH is 3. The number of hydrogen-bond donors (Lipinski definition) is 11. The Bertz CT molecular complexity index is 4820. The third kappa shape index (κ3) is 48.4. The summed E-state index contributed by atoms with van der Waals surface area (Å²) in [6.45, 7) is 53.7. The summed E-state index contributed by atoms with van der Waals surface area (Å²) in [4.78, 5) is 58.0. The number of fused-ring (bicyclic) bond motifs is 7. The highest BCUT2D eigenvalue weighted by atomic mass is 32.1. The summed E-state index contributed by atoms with van der Waals surface area (Å²) in [5, 5.41) is 70.3. The molecular formula is C109H162N2O18S. The summed E-state index contributed by atoms with van der Waals surface area (Å²) in [6, 6.07) is 79.1. The first kappa shape index (κ1) is 128. The van der Waals surface area contributed by atoms with Gasteiger partial charge in [-0.2, -0.15) is 0 Å². The van der Waals surface area contributed by atoms with Crippen molar-refractivity contribution in [3.8, 4) is 11.5 Å². The van der Waals surface area contributed by atoms with Crippen molar-refractivity contribution in [2.45, 2.75) is 250 Å². The molecule has 0 spiro atoms. The number of rotatable bonds is 22. The first-order valence-electron chi connectivity index (χ1n) is 45.3. The quantitative estimate of drug-likeness (QED) is 0.0130. The van der Waals surface area contributed by atoms with E-state index < -0.39 is 10.8 Å². The summed E-state index contributed by atoms with van der Waals surface area (Å²) < 4.78 is 24.6. The van der Waals surface area contributed by atoms with Crippen LogP contribution in [0.15, 0.2) is 241 Å². The number of nitrogens with one attached hydrogen (secondary N) is 2. The Kier molecular flexibility index (Phi) is 77.1. The van der Waals surface area contributed by atoms with Gasteiger partial charge in [0.2, 0.25) is 11.8 Å². The van der Waals surface area contributed by atoms with Crippen LogP contribution < -0.4 is 20.1 Å². The van der Waals surface area contributed by atoms with Crippen LogP contribution in [0.2, 0.25) is 0 Å². The van der Waals surface area contributed by atoms with Gasteiger partial charge in [-0.1, -0.05) is 332 Å². The smallest absolute Gasteiger partial charge is 0.316 e. The number of ether oxygens (including phenoxy) is 3. The van der Waals surface area contributed by atoms with E-state index in [2.05, 4.69) is 143 Å². The highest BCUT2D eigenvalue weighted by molar-refractivity contribution is 7.26. The van der Waals surface area contributed by atoms with Crippen LogP contribution in [0.3, 0.4) is 0 Å². The molecule has 20 nitrogen and oxygen atoms in total. The number of carbonyl (C=O) groups excluding carboxylic acids is 5. The van der Waals surface area contributed by atoms with Gasteiger partial charge >= 0.3 is 17.9 Å². The lowest BCUT2D eigenvalue weighted by atomic mass is 9.91. The van der Waals surface area contributed by atoms with Crippen LogP contribution in [0.4, 0.5) is 5.69 Å². The van der Waals surface area contributed by atoms with Crippen LogP contribution in [-0.2, 0) is 41.7 Å². The van der Waals surface area contributed by atoms with Gasteiger partial charge < -0.3 is 44.6 Å². The van der Waals surface area contributed by atoms with Gasteiger partial charge in [0, 0.05) is 82.8 Å². The number of thiophene rings is 1. The summed E-state index contributed by atoms with van der Waals surface area (Å²) in [5.74, 6) is 2.45. The third-order valence-corrected chi connectivity index (χ3v) is 21.6. The van der Waals surface area contributed by atoms with Crippen LogP contribution in [-0.4, -0.2) is 105 Å². The van der Waals surface area contributed by atoms with E-state index in [4.69, 9.17) is 65.5 Å². The molecule has 21 heteroatoms. The Morgan fingerprint density at radius 1 is 0.400 bits per heavy atom. The first-order chi connectivity index (χ1) is 62.7. The van der Waals surface area contributed by atoms with Crippen molar-refractivity contribution >= 4 is 99.6 Å². The summed E-state index contributed by atoms with van der Waals surface area (Å²) in [6.07, 6.45) is 7.29. The number of esters is 3. The lowest BCUT2D eigenvalue weighted by Crippen LogP contribution is -2.28. The number of anilines is 1. The molecule has 0 radical (unpaired) electrons. The summed E-state index contributed by atoms with van der Waals surface area (Å²) in [5.41, 5.74) is 9.73. The number of aliphatic hydroxyl groups is 3. The molecule has 0 aliphatic rings. The van der Waals surface area contributed by atoms with E-state index >= 15 is 0 Å². The van der Waals surface area contributed by atoms with Crippen molar-refractivity contribution in [3.05, 3.63) is 270 Å². The van der Waals surface area contributed by atoms with E-state index in [1.165, 1.54) is 70.7 Å². The van der Waals surface area contributed by atoms with E-state index in [0.29, 0.717) is 36.5 Å². The Labute approximate surface area is 783 Å². The van der Waals surface area contributed by atoms with E-state index in [9.17, 15) is 24.0 Å². The molecule has 11 N–H and O–H groups in total. The second kappa shape index (κ2) is 78.3. The molecule has 130 heavy (non-hydrogen) atoms. The molecule has 10 aromatic carbocycles. The molecule has 2 amide bonds. The van der Waals surface area contributed by atoms with Crippen LogP contribution in [0.5, 0.6) is 11.5 Å². The summed E-state index contributed by atoms with van der Waals surface area (Å²) in [7, 11) is 3.00. The van der Waals surface area contributed by atoms with Crippen molar-refractivity contribution in [2.75, 3.05) is 33.3 Å². The van der Waals surface area contributed by atoms with Gasteiger partial charge in [-0.05, 0) is 186 Å². The van der Waals surface area contributed by atoms with Crippen LogP contribution in [0.25, 0.3) is 52.9 Å². The maximum absolute atomic E-state index is 12.0. The molecule has 0 saturated carbocycles. The zero-order valence-corrected chi connectivity index (χ0v) is 84.4. The Morgan fingerprint density at radius 2 is 0.838 bits per heavy atom. The zero-order valence-electron chi connectivity index (χ0n) is 83.6. The van der Waals surface area contributed by atoms with Gasteiger partial charge in [-0.25, -0.2) is 0 Å². The first-order valence-corrected chi connectivity index (χ1v) is 46.2. The molecule has 0 aliphatic carbocycles. The predicted octanol–water partition coefficient (Wildman–Crippen LogP) is 29.3. The molecule has 5 unspecified atom stereocenters. The number of hydrogen-bond acceptors (Lipinski definition) is 19. The third-order valence-electron chi connectivity index (χ3n) is 20.3. The van der Waals surface area contributed by atoms with E-state index in [-0.39, 0.29) is 47.5 Å². The van der Waals surface area contributed by atoms with Crippen molar-refractivity contribution in [1.29, 1.82) is 0 Å². The molecule has 722 valence electrons. The van der Waals surface area contributed by atoms with Crippen LogP contribution >= 0.6 is 11.3 Å². The van der Waals surface area contributed by atoms with E-state index in [0.717, 1.165) is 93.9 Å². The fourth-order valence-electron chi connectivity index (χ4n) is 11.1. The Hall–Kier alpha value is -10.5. The van der Waals surface area contributed by atoms with Crippen molar-refractivity contribution < 1.29 is 89.5 Å². The Balaban J connectivity index is -0.000000453. The van der Waals surface area contributed by atoms with E-state index in [1.807, 2.05) is 283 Å². The maximum Gasteiger partial charge on any atom is 0.316 e. The largest absolute Gasteiger partial charge is 0.465 e. The minimum Gasteiger partial charge on any atom is -0.465 e. The number of para-hydroxylation sites is 3. The number of aryl methyl sites for hydroxylation is 2. The number of benzene rings is 10. The summed E-state index contributed by atoms with van der Waals surface area (Å²) >= 11 is 1.93. The van der Waals surface area contributed by atoms with Gasteiger partial charge in [0.05, 0.1) is 23.4 Å². The fourth-order valence-corrected chi connectivity index (χ4v) is 12.4. The average Bonchev–Trinajstić information content (AvgIpc) is 1.64. The van der Waals surface area contributed by atoms with Gasteiger partial charge in [-0.15, -0.1) is 11.3 Å². The molecule has 0 aliphatic heterocycles. The fraction of sp³-hybridized carbons (Fsp3) is 0.422. The van der Waals surface area contributed by atoms with Gasteiger partial charge in [0.1, 0.15) is 22.7 Å². The minimum absolute atomic E-state index is 0.0146. The molecule has 2 heterocycles. The molecule has 0 fully saturated rings.